The highest BCUT2D eigenvalue weighted by Gasteiger charge is 2.47. The number of unbranched alkanes of at least 4 members (excludes halogenated alkanes) is 32. The van der Waals surface area contributed by atoms with Gasteiger partial charge in [0, 0.05) is 6.42 Å². The van der Waals surface area contributed by atoms with E-state index in [0.717, 1.165) is 89.9 Å². The molecule has 8 unspecified atom stereocenters. The number of allylic oxidation sites excluding steroid dienone is 13. The molecule has 83 heavy (non-hydrogen) atoms. The maximum Gasteiger partial charge on any atom is 0.306 e. The van der Waals surface area contributed by atoms with Crippen LogP contribution in [-0.2, 0) is 23.8 Å². The number of aliphatic hydroxyl groups is 5. The Hall–Kier alpha value is -3.16. The zero-order valence-corrected chi connectivity index (χ0v) is 53.3. The largest absolute Gasteiger partial charge is 0.454 e. The van der Waals surface area contributed by atoms with E-state index in [0.29, 0.717) is 12.8 Å². The van der Waals surface area contributed by atoms with Crippen LogP contribution in [0.5, 0.6) is 0 Å². The molecule has 0 spiro atoms. The molecule has 6 N–H and O–H groups in total. The third-order valence-electron chi connectivity index (χ3n) is 15.8. The smallest absolute Gasteiger partial charge is 0.306 e. The number of carbonyl (C=O) groups excluding carboxylic acids is 2. The summed E-state index contributed by atoms with van der Waals surface area (Å²) in [5.74, 6) is -1.24. The van der Waals surface area contributed by atoms with Crippen LogP contribution in [0.25, 0.3) is 0 Å². The lowest BCUT2D eigenvalue weighted by Gasteiger charge is -2.41. The molecule has 1 rings (SSSR count). The Labute approximate surface area is 508 Å². The molecule has 0 aliphatic carbocycles. The molecule has 11 heteroatoms. The lowest BCUT2D eigenvalue weighted by molar-refractivity contribution is -0.305. The Balaban J connectivity index is 2.61. The molecular weight excluding hydrogens is 1040 g/mol. The predicted octanol–water partition coefficient (Wildman–Crippen LogP) is 17.3. The van der Waals surface area contributed by atoms with Gasteiger partial charge in [-0.05, 0) is 77.0 Å². The minimum atomic E-state index is -1.64. The van der Waals surface area contributed by atoms with Crippen LogP contribution < -0.4 is 5.32 Å². The van der Waals surface area contributed by atoms with Gasteiger partial charge in [-0.25, -0.2) is 0 Å². The monoisotopic (exact) mass is 1170 g/mol. The molecule has 1 fully saturated rings. The van der Waals surface area contributed by atoms with Gasteiger partial charge in [-0.15, -0.1) is 0 Å². The van der Waals surface area contributed by atoms with Crippen LogP contribution in [0.2, 0.25) is 0 Å². The fourth-order valence-corrected chi connectivity index (χ4v) is 10.4. The van der Waals surface area contributed by atoms with Crippen molar-refractivity contribution in [3.8, 4) is 0 Å². The number of amides is 1. The van der Waals surface area contributed by atoms with Gasteiger partial charge in [0.15, 0.2) is 12.4 Å². The molecule has 0 saturated carbocycles. The Kier molecular flexibility index (Phi) is 55.5. The van der Waals surface area contributed by atoms with Crippen LogP contribution in [0, 0.1) is 0 Å². The van der Waals surface area contributed by atoms with E-state index in [1.54, 1.807) is 6.08 Å². The quantitative estimate of drug-likeness (QED) is 0.0195. The molecule has 1 amide bonds. The summed E-state index contributed by atoms with van der Waals surface area (Å²) >= 11 is 0. The second-order valence-electron chi connectivity index (χ2n) is 23.5. The van der Waals surface area contributed by atoms with Crippen molar-refractivity contribution in [2.24, 2.45) is 0 Å². The number of hydrogen-bond donors (Lipinski definition) is 6. The average molecular weight is 1170 g/mol. The molecule has 11 nitrogen and oxygen atoms in total. The Bertz CT molecular complexity index is 1670. The topological polar surface area (TPSA) is 175 Å². The summed E-state index contributed by atoms with van der Waals surface area (Å²) in [7, 11) is 0. The van der Waals surface area contributed by atoms with Crippen LogP contribution in [0.15, 0.2) is 85.1 Å². The number of nitrogens with one attached hydrogen (secondary N) is 1. The van der Waals surface area contributed by atoms with E-state index >= 15 is 0 Å². The molecule has 1 heterocycles. The Morgan fingerprint density at radius 3 is 1.30 bits per heavy atom. The van der Waals surface area contributed by atoms with Gasteiger partial charge in [-0.2, -0.15) is 0 Å². The third-order valence-corrected chi connectivity index (χ3v) is 15.8. The normalized spacial score (nSPS) is 19.1. The van der Waals surface area contributed by atoms with E-state index in [4.69, 9.17) is 14.2 Å². The first-order chi connectivity index (χ1) is 40.7. The maximum atomic E-state index is 13.5. The summed E-state index contributed by atoms with van der Waals surface area (Å²) in [6.07, 6.45) is 67.7. The third kappa shape index (κ3) is 46.7. The summed E-state index contributed by atoms with van der Waals surface area (Å²) in [4.78, 5) is 26.6. The van der Waals surface area contributed by atoms with E-state index in [9.17, 15) is 35.1 Å². The molecule has 1 saturated heterocycles. The van der Waals surface area contributed by atoms with Gasteiger partial charge in [-0.3, -0.25) is 9.59 Å². The number of hydrogen-bond acceptors (Lipinski definition) is 10. The van der Waals surface area contributed by atoms with Crippen molar-refractivity contribution in [3.63, 3.8) is 0 Å². The highest BCUT2D eigenvalue weighted by Crippen LogP contribution is 2.26. The summed E-state index contributed by atoms with van der Waals surface area (Å²) in [5, 5.41) is 57.1. The van der Waals surface area contributed by atoms with Crippen molar-refractivity contribution in [2.45, 2.75) is 346 Å². The molecule has 0 radical (unpaired) electrons. The number of rotatable bonds is 58. The van der Waals surface area contributed by atoms with Crippen LogP contribution in [-0.4, -0.2) is 99.6 Å². The van der Waals surface area contributed by atoms with E-state index in [-0.39, 0.29) is 19.4 Å². The fraction of sp³-hybridized carbons (Fsp3) is 0.778. The van der Waals surface area contributed by atoms with Crippen molar-refractivity contribution in [2.75, 3.05) is 13.2 Å². The highest BCUT2D eigenvalue weighted by atomic mass is 16.7. The Morgan fingerprint density at radius 2 is 0.867 bits per heavy atom. The number of esters is 1. The summed E-state index contributed by atoms with van der Waals surface area (Å²) in [6.45, 7) is 5.67. The second-order valence-corrected chi connectivity index (χ2v) is 23.5. The van der Waals surface area contributed by atoms with Gasteiger partial charge >= 0.3 is 5.97 Å². The summed E-state index contributed by atoms with van der Waals surface area (Å²) in [5.41, 5.74) is 0. The van der Waals surface area contributed by atoms with E-state index < -0.39 is 67.4 Å². The highest BCUT2D eigenvalue weighted by molar-refractivity contribution is 5.80. The van der Waals surface area contributed by atoms with Gasteiger partial charge in [0.1, 0.15) is 24.4 Å². The number of carbonyl (C=O) groups is 2. The van der Waals surface area contributed by atoms with Crippen LogP contribution in [0.4, 0.5) is 0 Å². The lowest BCUT2D eigenvalue weighted by atomic mass is 9.99. The first-order valence-corrected chi connectivity index (χ1v) is 34.4. The zero-order valence-electron chi connectivity index (χ0n) is 53.3. The van der Waals surface area contributed by atoms with E-state index in [1.807, 2.05) is 6.08 Å². The van der Waals surface area contributed by atoms with Crippen molar-refractivity contribution < 1.29 is 49.3 Å². The van der Waals surface area contributed by atoms with Crippen molar-refractivity contribution >= 4 is 11.9 Å². The number of aliphatic hydroxyl groups excluding tert-OH is 5. The molecule has 0 aromatic carbocycles. The first kappa shape index (κ1) is 77.9. The van der Waals surface area contributed by atoms with Crippen LogP contribution in [0.1, 0.15) is 297 Å². The SMILES string of the molecule is CC/C=C\C/C=C\C/C=C\C/C=C\C/C=C\C/C=C\CCCCC(=O)OC1C(OCC(NC(=O)C(O)CCCCCCCCCCCCCCCCCCCCCCCC)C(O)/C=C/CCCCCCCCCCC)OC(CO)C(O)C1O. The minimum Gasteiger partial charge on any atom is -0.454 e. The summed E-state index contributed by atoms with van der Waals surface area (Å²) in [6, 6.07) is -1.04. The van der Waals surface area contributed by atoms with Gasteiger partial charge in [0.05, 0.1) is 25.4 Å². The molecule has 1 aliphatic heterocycles. The fourth-order valence-electron chi connectivity index (χ4n) is 10.4. The van der Waals surface area contributed by atoms with Gasteiger partial charge in [0.2, 0.25) is 5.91 Å². The lowest BCUT2D eigenvalue weighted by Crippen LogP contribution is -2.61. The standard InChI is InChI=1S/C72H127NO10/c1-4-7-10-13-16-19-22-24-26-28-30-32-34-35-37-39-41-44-47-50-53-56-59-65(76)71(80)73-63(64(75)58-55-52-49-46-43-21-18-15-12-9-6-3)62-81-72-70(69(79)68(78)66(61-74)82-72)83-67(77)60-57-54-51-48-45-42-40-38-36-33-31-29-27-25-23-20-17-14-11-8-5-2/h8,11,17,20,25,27,31,33,38,40,45,48,55,58,63-66,68-70,72,74-76,78-79H,4-7,9-10,12-16,18-19,21-24,26,28-30,32,34-37,39,41-44,46-47,49-54,56-57,59-62H2,1-3H3,(H,73,80)/b11-8-,20-17-,27-25-,33-31-,40-38-,48-45-,58-55+. The van der Waals surface area contributed by atoms with Gasteiger partial charge in [-0.1, -0.05) is 298 Å². The average Bonchev–Trinajstić information content (AvgIpc) is 3.69. The maximum absolute atomic E-state index is 13.5. The predicted molar refractivity (Wildman–Crippen MR) is 347 cm³/mol. The molecule has 8 atom stereocenters. The van der Waals surface area contributed by atoms with Gasteiger partial charge in [0.25, 0.3) is 0 Å². The Morgan fingerprint density at radius 1 is 0.482 bits per heavy atom. The molecule has 480 valence electrons. The van der Waals surface area contributed by atoms with Crippen LogP contribution >= 0.6 is 0 Å². The van der Waals surface area contributed by atoms with Crippen molar-refractivity contribution in [3.05, 3.63) is 85.1 Å². The molecular formula is C72H127NO10. The molecule has 0 aromatic rings. The molecule has 0 bridgehead atoms. The molecule has 1 aliphatic rings. The van der Waals surface area contributed by atoms with Crippen LogP contribution in [0.3, 0.4) is 0 Å². The molecule has 0 aromatic heterocycles. The van der Waals surface area contributed by atoms with Gasteiger partial charge < -0.3 is 45.1 Å². The van der Waals surface area contributed by atoms with E-state index in [2.05, 4.69) is 99.0 Å². The van der Waals surface area contributed by atoms with E-state index in [1.165, 1.54) is 161 Å². The second kappa shape index (κ2) is 59.2. The minimum absolute atomic E-state index is 0.0662. The zero-order chi connectivity index (χ0) is 60.3. The number of ether oxygens (including phenoxy) is 3. The van der Waals surface area contributed by atoms with Crippen molar-refractivity contribution in [1.29, 1.82) is 0 Å². The first-order valence-electron chi connectivity index (χ1n) is 34.4. The summed E-state index contributed by atoms with van der Waals surface area (Å²) < 4.78 is 17.6. The van der Waals surface area contributed by atoms with Crippen molar-refractivity contribution in [1.82, 2.24) is 5.32 Å².